The van der Waals surface area contributed by atoms with Crippen molar-refractivity contribution in [3.05, 3.63) is 11.8 Å². The molecule has 2 aliphatic heterocycles. The maximum atomic E-state index is 12.1. The summed E-state index contributed by atoms with van der Waals surface area (Å²) < 4.78 is 10.8. The summed E-state index contributed by atoms with van der Waals surface area (Å²) >= 11 is 0. The summed E-state index contributed by atoms with van der Waals surface area (Å²) in [5.41, 5.74) is 0. The van der Waals surface area contributed by atoms with Gasteiger partial charge in [0.1, 0.15) is 0 Å². The van der Waals surface area contributed by atoms with Gasteiger partial charge in [-0.1, -0.05) is 0 Å². The molecular weight excluding hydrogens is 218 g/mol. The third-order valence-electron chi connectivity index (χ3n) is 3.28. The standard InChI is InChI=1S/C13H21NO3/c1-2-16-10-11-6-7-14(9-11)13(15)12-5-3-4-8-17-12/h5,11H,2-4,6-10H2,1H3/t11-/m0/s1. The van der Waals surface area contributed by atoms with Gasteiger partial charge in [0.05, 0.1) is 13.2 Å². The Balaban J connectivity index is 1.83. The number of likely N-dealkylation sites (tertiary alicyclic amines) is 1. The first-order valence-electron chi connectivity index (χ1n) is 6.51. The molecule has 0 aromatic heterocycles. The van der Waals surface area contributed by atoms with Gasteiger partial charge in [-0.3, -0.25) is 4.79 Å². The predicted molar refractivity (Wildman–Crippen MR) is 64.4 cm³/mol. The summed E-state index contributed by atoms with van der Waals surface area (Å²) in [6.45, 7) is 5.82. The minimum atomic E-state index is 0.0590. The molecule has 96 valence electrons. The third kappa shape index (κ3) is 3.22. The molecule has 0 aromatic carbocycles. The Morgan fingerprint density at radius 3 is 3.24 bits per heavy atom. The number of nitrogens with zero attached hydrogens (tertiary/aromatic N) is 1. The van der Waals surface area contributed by atoms with Crippen LogP contribution in [0.4, 0.5) is 0 Å². The number of allylic oxidation sites excluding steroid dienone is 1. The molecule has 0 unspecified atom stereocenters. The fraction of sp³-hybridized carbons (Fsp3) is 0.769. The maximum Gasteiger partial charge on any atom is 0.288 e. The number of carbonyl (C=O) groups is 1. The SMILES string of the molecule is CCOC[C@H]1CCN(C(=O)C2=CCCCO2)C1. The summed E-state index contributed by atoms with van der Waals surface area (Å²) in [6, 6.07) is 0. The van der Waals surface area contributed by atoms with E-state index in [9.17, 15) is 4.79 Å². The van der Waals surface area contributed by atoms with Crippen molar-refractivity contribution in [2.75, 3.05) is 32.9 Å². The predicted octanol–water partition coefficient (Wildman–Crippen LogP) is 1.57. The van der Waals surface area contributed by atoms with Gasteiger partial charge in [0.15, 0.2) is 5.76 Å². The summed E-state index contributed by atoms with van der Waals surface area (Å²) in [5.74, 6) is 1.10. The summed E-state index contributed by atoms with van der Waals surface area (Å²) in [6.07, 6.45) is 4.93. The molecule has 0 aromatic rings. The van der Waals surface area contributed by atoms with E-state index in [1.54, 1.807) is 0 Å². The van der Waals surface area contributed by atoms with Crippen LogP contribution in [0, 0.1) is 5.92 Å². The Labute approximate surface area is 103 Å². The molecular formula is C13H21NO3. The van der Waals surface area contributed by atoms with E-state index in [4.69, 9.17) is 9.47 Å². The lowest BCUT2D eigenvalue weighted by Gasteiger charge is -2.20. The zero-order chi connectivity index (χ0) is 12.1. The summed E-state index contributed by atoms with van der Waals surface area (Å²) in [4.78, 5) is 14.0. The van der Waals surface area contributed by atoms with E-state index in [-0.39, 0.29) is 5.91 Å². The lowest BCUT2D eigenvalue weighted by Crippen LogP contribution is -2.32. The van der Waals surface area contributed by atoms with Crippen molar-refractivity contribution in [3.8, 4) is 0 Å². The van der Waals surface area contributed by atoms with Gasteiger partial charge < -0.3 is 14.4 Å². The second kappa shape index (κ2) is 6.05. The molecule has 1 fully saturated rings. The Bertz CT molecular complexity index is 301. The Morgan fingerprint density at radius 1 is 1.65 bits per heavy atom. The monoisotopic (exact) mass is 239 g/mol. The van der Waals surface area contributed by atoms with Crippen molar-refractivity contribution in [2.45, 2.75) is 26.2 Å². The molecule has 1 atom stereocenters. The first-order valence-corrected chi connectivity index (χ1v) is 6.51. The van der Waals surface area contributed by atoms with Crippen molar-refractivity contribution in [1.82, 2.24) is 4.90 Å². The third-order valence-corrected chi connectivity index (χ3v) is 3.28. The number of ether oxygens (including phenoxy) is 2. The van der Waals surface area contributed by atoms with E-state index < -0.39 is 0 Å². The molecule has 1 saturated heterocycles. The van der Waals surface area contributed by atoms with Gasteiger partial charge in [-0.2, -0.15) is 0 Å². The van der Waals surface area contributed by atoms with Gasteiger partial charge in [0.25, 0.3) is 5.91 Å². The van der Waals surface area contributed by atoms with Crippen LogP contribution in [0.1, 0.15) is 26.2 Å². The fourth-order valence-electron chi connectivity index (χ4n) is 2.30. The number of hydrogen-bond donors (Lipinski definition) is 0. The Hall–Kier alpha value is -1.03. The van der Waals surface area contributed by atoms with Gasteiger partial charge >= 0.3 is 0 Å². The molecule has 2 heterocycles. The smallest absolute Gasteiger partial charge is 0.288 e. The second-order valence-corrected chi connectivity index (χ2v) is 4.62. The molecule has 0 saturated carbocycles. The van der Waals surface area contributed by atoms with Crippen molar-refractivity contribution < 1.29 is 14.3 Å². The van der Waals surface area contributed by atoms with Crippen LogP contribution in [-0.2, 0) is 14.3 Å². The largest absolute Gasteiger partial charge is 0.488 e. The molecule has 0 aliphatic carbocycles. The minimum absolute atomic E-state index is 0.0590. The zero-order valence-corrected chi connectivity index (χ0v) is 10.5. The van der Waals surface area contributed by atoms with Crippen LogP contribution in [0.2, 0.25) is 0 Å². The van der Waals surface area contributed by atoms with Crippen molar-refractivity contribution in [3.63, 3.8) is 0 Å². The van der Waals surface area contributed by atoms with E-state index in [1.807, 2.05) is 17.9 Å². The van der Waals surface area contributed by atoms with Crippen LogP contribution >= 0.6 is 0 Å². The first kappa shape index (κ1) is 12.4. The molecule has 2 aliphatic rings. The summed E-state index contributed by atoms with van der Waals surface area (Å²) in [5, 5.41) is 0. The zero-order valence-electron chi connectivity index (χ0n) is 10.5. The van der Waals surface area contributed by atoms with Crippen molar-refractivity contribution in [1.29, 1.82) is 0 Å². The highest BCUT2D eigenvalue weighted by molar-refractivity contribution is 5.91. The normalized spacial score (nSPS) is 24.4. The average molecular weight is 239 g/mol. The lowest BCUT2D eigenvalue weighted by atomic mass is 10.1. The van der Waals surface area contributed by atoms with E-state index in [0.717, 1.165) is 45.6 Å². The highest BCUT2D eigenvalue weighted by Crippen LogP contribution is 2.20. The highest BCUT2D eigenvalue weighted by Gasteiger charge is 2.29. The number of amides is 1. The average Bonchev–Trinajstić information content (AvgIpc) is 2.85. The number of carbonyl (C=O) groups excluding carboxylic acids is 1. The molecule has 1 amide bonds. The molecule has 2 rings (SSSR count). The molecule has 4 nitrogen and oxygen atoms in total. The van der Waals surface area contributed by atoms with Crippen molar-refractivity contribution in [2.24, 2.45) is 5.92 Å². The molecule has 0 bridgehead atoms. The van der Waals surface area contributed by atoms with Crippen molar-refractivity contribution >= 4 is 5.91 Å². The minimum Gasteiger partial charge on any atom is -0.488 e. The van der Waals surface area contributed by atoms with Gasteiger partial charge in [-0.25, -0.2) is 0 Å². The number of rotatable bonds is 4. The Kier molecular flexibility index (Phi) is 4.42. The van der Waals surface area contributed by atoms with Crippen LogP contribution in [0.3, 0.4) is 0 Å². The molecule has 4 heteroatoms. The second-order valence-electron chi connectivity index (χ2n) is 4.62. The van der Waals surface area contributed by atoms with Gasteiger partial charge in [0, 0.05) is 25.6 Å². The maximum absolute atomic E-state index is 12.1. The van der Waals surface area contributed by atoms with Gasteiger partial charge in [0.2, 0.25) is 0 Å². The summed E-state index contributed by atoms with van der Waals surface area (Å²) in [7, 11) is 0. The lowest BCUT2D eigenvalue weighted by molar-refractivity contribution is -0.130. The van der Waals surface area contributed by atoms with Crippen LogP contribution in [0.15, 0.2) is 11.8 Å². The van der Waals surface area contributed by atoms with Crippen LogP contribution < -0.4 is 0 Å². The van der Waals surface area contributed by atoms with E-state index in [0.29, 0.717) is 18.3 Å². The molecule has 17 heavy (non-hydrogen) atoms. The molecule has 0 N–H and O–H groups in total. The topological polar surface area (TPSA) is 38.8 Å². The van der Waals surface area contributed by atoms with Gasteiger partial charge in [-0.05, 0) is 32.3 Å². The highest BCUT2D eigenvalue weighted by atomic mass is 16.5. The first-order chi connectivity index (χ1) is 8.31. The molecule has 0 spiro atoms. The van der Waals surface area contributed by atoms with Crippen LogP contribution in [0.5, 0.6) is 0 Å². The number of hydrogen-bond acceptors (Lipinski definition) is 3. The van der Waals surface area contributed by atoms with Gasteiger partial charge in [-0.15, -0.1) is 0 Å². The van der Waals surface area contributed by atoms with Crippen LogP contribution in [-0.4, -0.2) is 43.7 Å². The quantitative estimate of drug-likeness (QED) is 0.747. The van der Waals surface area contributed by atoms with E-state index in [2.05, 4.69) is 0 Å². The Morgan fingerprint density at radius 2 is 2.53 bits per heavy atom. The fourth-order valence-corrected chi connectivity index (χ4v) is 2.30. The van der Waals surface area contributed by atoms with E-state index >= 15 is 0 Å². The molecule has 0 radical (unpaired) electrons. The van der Waals surface area contributed by atoms with Crippen LogP contribution in [0.25, 0.3) is 0 Å². The van der Waals surface area contributed by atoms with E-state index in [1.165, 1.54) is 0 Å².